The molecule has 0 aromatic heterocycles. The molecule has 92 valence electrons. The molecule has 0 atom stereocenters. The first-order valence-electron chi connectivity index (χ1n) is 6.83. The Morgan fingerprint density at radius 1 is 1.25 bits per heavy atom. The van der Waals surface area contributed by atoms with Crippen LogP contribution in [0.3, 0.4) is 0 Å². The molecule has 0 aromatic carbocycles. The predicted molar refractivity (Wildman–Crippen MR) is 65.3 cm³/mol. The van der Waals surface area contributed by atoms with Gasteiger partial charge in [0.2, 0.25) is 5.91 Å². The summed E-state index contributed by atoms with van der Waals surface area (Å²) in [5.41, 5.74) is 0. The molecule has 0 radical (unpaired) electrons. The zero-order chi connectivity index (χ0) is 11.4. The second kappa shape index (κ2) is 5.67. The zero-order valence-electron chi connectivity index (χ0n) is 10.4. The van der Waals surface area contributed by atoms with Crippen LogP contribution in [0.2, 0.25) is 0 Å². The summed E-state index contributed by atoms with van der Waals surface area (Å²) in [5.74, 6) is 0.256. The van der Waals surface area contributed by atoms with Crippen molar-refractivity contribution in [2.24, 2.45) is 0 Å². The largest absolute Gasteiger partial charge is 0.353 e. The van der Waals surface area contributed by atoms with Crippen molar-refractivity contribution in [3.05, 3.63) is 0 Å². The number of nitrogens with one attached hydrogen (secondary N) is 1. The predicted octanol–water partition coefficient (Wildman–Crippen LogP) is 1.92. The van der Waals surface area contributed by atoms with Gasteiger partial charge in [0.1, 0.15) is 0 Å². The van der Waals surface area contributed by atoms with E-state index in [1.807, 2.05) is 0 Å². The van der Waals surface area contributed by atoms with E-state index >= 15 is 0 Å². The smallest absolute Gasteiger partial charge is 0.220 e. The van der Waals surface area contributed by atoms with Gasteiger partial charge in [-0.3, -0.25) is 4.79 Å². The topological polar surface area (TPSA) is 32.3 Å². The summed E-state index contributed by atoms with van der Waals surface area (Å²) < 4.78 is 0. The highest BCUT2D eigenvalue weighted by Crippen LogP contribution is 2.29. The fourth-order valence-electron chi connectivity index (χ4n) is 2.49. The fraction of sp³-hybridized carbons (Fsp3) is 0.923. The van der Waals surface area contributed by atoms with E-state index in [9.17, 15) is 4.79 Å². The van der Waals surface area contributed by atoms with Crippen molar-refractivity contribution in [3.8, 4) is 0 Å². The van der Waals surface area contributed by atoms with Crippen molar-refractivity contribution in [3.63, 3.8) is 0 Å². The summed E-state index contributed by atoms with van der Waals surface area (Å²) in [6.07, 6.45) is 7.92. The number of amides is 1. The van der Waals surface area contributed by atoms with Gasteiger partial charge in [0.05, 0.1) is 0 Å². The maximum absolute atomic E-state index is 11.6. The fourth-order valence-corrected chi connectivity index (χ4v) is 2.49. The molecule has 0 bridgehead atoms. The molecular weight excluding hydrogens is 200 g/mol. The highest BCUT2D eigenvalue weighted by molar-refractivity contribution is 5.76. The first kappa shape index (κ1) is 11.9. The third-order valence-corrected chi connectivity index (χ3v) is 3.72. The summed E-state index contributed by atoms with van der Waals surface area (Å²) in [4.78, 5) is 14.2. The van der Waals surface area contributed by atoms with Crippen LogP contribution in [0.25, 0.3) is 0 Å². The molecular formula is C13H24N2O. The van der Waals surface area contributed by atoms with Gasteiger partial charge >= 0.3 is 0 Å². The molecule has 1 saturated heterocycles. The Labute approximate surface area is 98.6 Å². The van der Waals surface area contributed by atoms with Crippen molar-refractivity contribution in [2.45, 2.75) is 64.0 Å². The Hall–Kier alpha value is -0.570. The number of carbonyl (C=O) groups is 1. The first-order valence-corrected chi connectivity index (χ1v) is 6.83. The van der Waals surface area contributed by atoms with E-state index in [4.69, 9.17) is 0 Å². The molecule has 16 heavy (non-hydrogen) atoms. The van der Waals surface area contributed by atoms with E-state index < -0.39 is 0 Å². The molecule has 1 aliphatic carbocycles. The summed E-state index contributed by atoms with van der Waals surface area (Å²) >= 11 is 0. The Bertz CT molecular complexity index is 230. The molecule has 1 heterocycles. The number of likely N-dealkylation sites (tertiary alicyclic amines) is 1. The highest BCUT2D eigenvalue weighted by atomic mass is 16.1. The number of unbranched alkanes of at least 4 members (excludes halogenated alkanes) is 1. The normalized spacial score (nSPS) is 23.3. The maximum Gasteiger partial charge on any atom is 0.220 e. The van der Waals surface area contributed by atoms with E-state index in [2.05, 4.69) is 17.1 Å². The molecule has 2 aliphatic rings. The van der Waals surface area contributed by atoms with Gasteiger partial charge in [0, 0.05) is 31.6 Å². The van der Waals surface area contributed by atoms with E-state index in [1.165, 1.54) is 25.9 Å². The number of rotatable bonds is 5. The van der Waals surface area contributed by atoms with Gasteiger partial charge in [-0.1, -0.05) is 13.3 Å². The average Bonchev–Trinajstić information content (AvgIpc) is 3.11. The number of hydrogen-bond acceptors (Lipinski definition) is 2. The summed E-state index contributed by atoms with van der Waals surface area (Å²) in [7, 11) is 0. The van der Waals surface area contributed by atoms with Gasteiger partial charge < -0.3 is 10.2 Å². The lowest BCUT2D eigenvalue weighted by atomic mass is 10.0. The van der Waals surface area contributed by atoms with Gasteiger partial charge in [-0.2, -0.15) is 0 Å². The van der Waals surface area contributed by atoms with Gasteiger partial charge in [-0.15, -0.1) is 0 Å². The second-order valence-corrected chi connectivity index (χ2v) is 5.21. The summed E-state index contributed by atoms with van der Waals surface area (Å²) in [6.45, 7) is 4.49. The van der Waals surface area contributed by atoms with Crippen molar-refractivity contribution in [2.75, 3.05) is 13.1 Å². The minimum atomic E-state index is 0.256. The monoisotopic (exact) mass is 224 g/mol. The van der Waals surface area contributed by atoms with E-state index in [-0.39, 0.29) is 5.91 Å². The molecule has 0 unspecified atom stereocenters. The quantitative estimate of drug-likeness (QED) is 0.774. The van der Waals surface area contributed by atoms with Crippen molar-refractivity contribution >= 4 is 5.91 Å². The van der Waals surface area contributed by atoms with Crippen LogP contribution in [0.1, 0.15) is 51.9 Å². The van der Waals surface area contributed by atoms with Crippen LogP contribution in [0, 0.1) is 0 Å². The van der Waals surface area contributed by atoms with Gasteiger partial charge in [0.25, 0.3) is 0 Å². The second-order valence-electron chi connectivity index (χ2n) is 5.21. The Balaban J connectivity index is 1.62. The van der Waals surface area contributed by atoms with Crippen LogP contribution in [0.15, 0.2) is 0 Å². The molecule has 0 spiro atoms. The zero-order valence-corrected chi connectivity index (χ0v) is 10.4. The number of piperidine rings is 1. The first-order chi connectivity index (χ1) is 7.79. The van der Waals surface area contributed by atoms with E-state index in [1.54, 1.807) is 0 Å². The summed E-state index contributed by atoms with van der Waals surface area (Å²) in [6, 6.07) is 1.33. The van der Waals surface area contributed by atoms with Crippen LogP contribution < -0.4 is 5.32 Å². The van der Waals surface area contributed by atoms with Gasteiger partial charge in [-0.25, -0.2) is 0 Å². The van der Waals surface area contributed by atoms with E-state index in [0.717, 1.165) is 31.7 Å². The molecule has 1 aliphatic heterocycles. The number of nitrogens with zero attached hydrogens (tertiary/aromatic N) is 1. The summed E-state index contributed by atoms with van der Waals surface area (Å²) in [5, 5.41) is 3.17. The lowest BCUT2D eigenvalue weighted by Gasteiger charge is -2.32. The molecule has 2 fully saturated rings. The standard InChI is InChI=1S/C13H24N2O/c1-2-3-4-13(16)14-11-7-9-15(10-8-11)12-5-6-12/h11-12H,2-10H2,1H3,(H,14,16). The Kier molecular flexibility index (Phi) is 4.22. The lowest BCUT2D eigenvalue weighted by molar-refractivity contribution is -0.122. The minimum absolute atomic E-state index is 0.256. The lowest BCUT2D eigenvalue weighted by Crippen LogP contribution is -2.45. The number of hydrogen-bond donors (Lipinski definition) is 1. The Morgan fingerprint density at radius 3 is 2.50 bits per heavy atom. The van der Waals surface area contributed by atoms with Crippen LogP contribution in [0.4, 0.5) is 0 Å². The van der Waals surface area contributed by atoms with Crippen molar-refractivity contribution < 1.29 is 4.79 Å². The minimum Gasteiger partial charge on any atom is -0.353 e. The third kappa shape index (κ3) is 3.48. The van der Waals surface area contributed by atoms with Crippen LogP contribution >= 0.6 is 0 Å². The number of carbonyl (C=O) groups excluding carboxylic acids is 1. The van der Waals surface area contributed by atoms with Gasteiger partial charge in [-0.05, 0) is 32.1 Å². The van der Waals surface area contributed by atoms with Crippen molar-refractivity contribution in [1.29, 1.82) is 0 Å². The Morgan fingerprint density at radius 2 is 1.94 bits per heavy atom. The van der Waals surface area contributed by atoms with Crippen LogP contribution in [0.5, 0.6) is 0 Å². The van der Waals surface area contributed by atoms with Crippen LogP contribution in [-0.2, 0) is 4.79 Å². The molecule has 1 N–H and O–H groups in total. The highest BCUT2D eigenvalue weighted by Gasteiger charge is 2.31. The SMILES string of the molecule is CCCCC(=O)NC1CCN(C2CC2)CC1. The molecule has 0 aromatic rings. The van der Waals surface area contributed by atoms with E-state index in [0.29, 0.717) is 12.5 Å². The maximum atomic E-state index is 11.6. The molecule has 2 rings (SSSR count). The molecule has 3 nitrogen and oxygen atoms in total. The molecule has 1 amide bonds. The van der Waals surface area contributed by atoms with Crippen LogP contribution in [-0.4, -0.2) is 36.0 Å². The average molecular weight is 224 g/mol. The molecule has 3 heteroatoms. The molecule has 1 saturated carbocycles. The van der Waals surface area contributed by atoms with Crippen molar-refractivity contribution in [1.82, 2.24) is 10.2 Å². The van der Waals surface area contributed by atoms with Gasteiger partial charge in [0.15, 0.2) is 0 Å². The third-order valence-electron chi connectivity index (χ3n) is 3.72.